The molecule has 2 aliphatic rings. The second-order valence-electron chi connectivity index (χ2n) is 8.77. The van der Waals surface area contributed by atoms with E-state index in [0.717, 1.165) is 24.4 Å². The molecule has 4 rings (SSSR count). The van der Waals surface area contributed by atoms with Crippen LogP contribution < -0.4 is 9.64 Å². The molecule has 0 N–H and O–H groups in total. The lowest BCUT2D eigenvalue weighted by molar-refractivity contribution is -0.136. The van der Waals surface area contributed by atoms with E-state index in [0.29, 0.717) is 36.9 Å². The standard InChI is InChI=1S/C27H31N3O3/c1-4-14-30-26(31)24(21-10-12-23(13-11-21)33-19-20(2)3)25(27(30)32)29-17-15-28(16-18-29)22-8-6-5-7-9-22/h4-13,20H,1,14-19H2,2-3H3. The summed E-state index contributed by atoms with van der Waals surface area (Å²) in [4.78, 5) is 32.2. The lowest BCUT2D eigenvalue weighted by Gasteiger charge is -2.37. The highest BCUT2D eigenvalue weighted by Gasteiger charge is 2.41. The third-order valence-electron chi connectivity index (χ3n) is 5.90. The number of carbonyl (C=O) groups is 2. The van der Waals surface area contributed by atoms with Crippen molar-refractivity contribution in [3.63, 3.8) is 0 Å². The summed E-state index contributed by atoms with van der Waals surface area (Å²) in [5.41, 5.74) is 2.86. The minimum absolute atomic E-state index is 0.199. The Hall–Kier alpha value is -3.54. The number of ether oxygens (including phenoxy) is 1. The minimum atomic E-state index is -0.267. The Labute approximate surface area is 195 Å². The largest absolute Gasteiger partial charge is 0.493 e. The van der Waals surface area contributed by atoms with E-state index >= 15 is 0 Å². The first-order valence-corrected chi connectivity index (χ1v) is 11.5. The van der Waals surface area contributed by atoms with Crippen molar-refractivity contribution in [1.82, 2.24) is 9.80 Å². The van der Waals surface area contributed by atoms with Crippen LogP contribution in [0.4, 0.5) is 5.69 Å². The molecule has 0 radical (unpaired) electrons. The summed E-state index contributed by atoms with van der Waals surface area (Å²) in [7, 11) is 0. The maximum atomic E-state index is 13.3. The average Bonchev–Trinajstić information content (AvgIpc) is 3.09. The van der Waals surface area contributed by atoms with Gasteiger partial charge in [-0.1, -0.05) is 50.3 Å². The Balaban J connectivity index is 1.60. The predicted octanol–water partition coefficient (Wildman–Crippen LogP) is 3.81. The molecule has 0 saturated carbocycles. The van der Waals surface area contributed by atoms with E-state index in [1.807, 2.05) is 42.5 Å². The smallest absolute Gasteiger partial charge is 0.278 e. The molecule has 2 aromatic carbocycles. The molecule has 2 heterocycles. The van der Waals surface area contributed by atoms with Gasteiger partial charge in [-0.05, 0) is 35.7 Å². The van der Waals surface area contributed by atoms with Gasteiger partial charge in [-0.3, -0.25) is 14.5 Å². The highest BCUT2D eigenvalue weighted by atomic mass is 16.5. The zero-order valence-electron chi connectivity index (χ0n) is 19.4. The fourth-order valence-corrected chi connectivity index (χ4v) is 4.22. The molecule has 1 saturated heterocycles. The molecular formula is C27H31N3O3. The summed E-state index contributed by atoms with van der Waals surface area (Å²) in [6.07, 6.45) is 1.59. The van der Waals surface area contributed by atoms with Crippen molar-refractivity contribution in [1.29, 1.82) is 0 Å². The molecule has 6 nitrogen and oxygen atoms in total. The Morgan fingerprint density at radius 2 is 1.55 bits per heavy atom. The van der Waals surface area contributed by atoms with Crippen LogP contribution in [0.3, 0.4) is 0 Å². The maximum Gasteiger partial charge on any atom is 0.278 e. The van der Waals surface area contributed by atoms with Crippen molar-refractivity contribution in [2.45, 2.75) is 13.8 Å². The van der Waals surface area contributed by atoms with Gasteiger partial charge in [0.2, 0.25) is 0 Å². The number of benzene rings is 2. The summed E-state index contributed by atoms with van der Waals surface area (Å²) in [6.45, 7) is 11.6. The molecule has 0 spiro atoms. The lowest BCUT2D eigenvalue weighted by Crippen LogP contribution is -2.47. The number of hydrogen-bond donors (Lipinski definition) is 0. The number of nitrogens with zero attached hydrogens (tertiary/aromatic N) is 3. The fraction of sp³-hybridized carbons (Fsp3) is 0.333. The predicted molar refractivity (Wildman–Crippen MR) is 131 cm³/mol. The third-order valence-corrected chi connectivity index (χ3v) is 5.90. The fourth-order valence-electron chi connectivity index (χ4n) is 4.22. The molecule has 0 bridgehead atoms. The molecule has 0 atom stereocenters. The first-order valence-electron chi connectivity index (χ1n) is 11.5. The molecule has 172 valence electrons. The number of amides is 2. The van der Waals surface area contributed by atoms with Crippen molar-refractivity contribution in [3.05, 3.63) is 78.5 Å². The van der Waals surface area contributed by atoms with E-state index in [1.165, 1.54) is 10.6 Å². The molecule has 33 heavy (non-hydrogen) atoms. The molecule has 2 amide bonds. The van der Waals surface area contributed by atoms with Gasteiger partial charge in [-0.15, -0.1) is 6.58 Å². The molecule has 0 aromatic heterocycles. The van der Waals surface area contributed by atoms with Gasteiger partial charge in [-0.25, -0.2) is 0 Å². The van der Waals surface area contributed by atoms with Crippen molar-refractivity contribution in [3.8, 4) is 5.75 Å². The Morgan fingerprint density at radius 3 is 2.15 bits per heavy atom. The molecule has 0 aliphatic carbocycles. The number of imide groups is 1. The molecule has 0 unspecified atom stereocenters. The maximum absolute atomic E-state index is 13.3. The van der Waals surface area contributed by atoms with Gasteiger partial charge in [0.15, 0.2) is 0 Å². The van der Waals surface area contributed by atoms with E-state index in [1.54, 1.807) is 6.08 Å². The van der Waals surface area contributed by atoms with Gasteiger partial charge in [0.05, 0.1) is 12.2 Å². The number of para-hydroxylation sites is 1. The second kappa shape index (κ2) is 9.94. The van der Waals surface area contributed by atoms with E-state index < -0.39 is 0 Å². The van der Waals surface area contributed by atoms with Crippen molar-refractivity contribution in [2.24, 2.45) is 5.92 Å². The Bertz CT molecular complexity index is 1040. The highest BCUT2D eigenvalue weighted by Crippen LogP contribution is 2.33. The zero-order chi connectivity index (χ0) is 23.4. The van der Waals surface area contributed by atoms with Gasteiger partial charge in [0, 0.05) is 38.4 Å². The highest BCUT2D eigenvalue weighted by molar-refractivity contribution is 6.35. The average molecular weight is 446 g/mol. The van der Waals surface area contributed by atoms with Gasteiger partial charge < -0.3 is 14.5 Å². The number of hydrogen-bond acceptors (Lipinski definition) is 5. The van der Waals surface area contributed by atoms with E-state index in [2.05, 4.69) is 42.4 Å². The molecule has 2 aliphatic heterocycles. The summed E-state index contributed by atoms with van der Waals surface area (Å²) in [6, 6.07) is 17.7. The molecule has 1 fully saturated rings. The van der Waals surface area contributed by atoms with E-state index in [-0.39, 0.29) is 18.4 Å². The normalized spacial score (nSPS) is 16.8. The van der Waals surface area contributed by atoms with Crippen LogP contribution in [-0.2, 0) is 9.59 Å². The van der Waals surface area contributed by atoms with Crippen LogP contribution >= 0.6 is 0 Å². The first kappa shape index (κ1) is 22.6. The number of piperazine rings is 1. The first-order chi connectivity index (χ1) is 16.0. The van der Waals surface area contributed by atoms with Crippen LogP contribution in [-0.4, -0.2) is 60.9 Å². The van der Waals surface area contributed by atoms with Crippen molar-refractivity contribution < 1.29 is 14.3 Å². The van der Waals surface area contributed by atoms with Gasteiger partial charge >= 0.3 is 0 Å². The van der Waals surface area contributed by atoms with Crippen LogP contribution in [0.15, 0.2) is 72.9 Å². The SMILES string of the molecule is C=CCN1C(=O)C(c2ccc(OCC(C)C)cc2)=C(N2CCN(c3ccccc3)CC2)C1=O. The second-order valence-corrected chi connectivity index (χ2v) is 8.77. The monoisotopic (exact) mass is 445 g/mol. The van der Waals surface area contributed by atoms with Crippen LogP contribution in [0.25, 0.3) is 5.57 Å². The Morgan fingerprint density at radius 1 is 0.909 bits per heavy atom. The minimum Gasteiger partial charge on any atom is -0.493 e. The third kappa shape index (κ3) is 4.80. The quantitative estimate of drug-likeness (QED) is 0.457. The summed E-state index contributed by atoms with van der Waals surface area (Å²) in [5.74, 6) is 0.667. The van der Waals surface area contributed by atoms with Crippen LogP contribution in [0, 0.1) is 5.92 Å². The van der Waals surface area contributed by atoms with Crippen LogP contribution in [0.1, 0.15) is 19.4 Å². The summed E-state index contributed by atoms with van der Waals surface area (Å²) >= 11 is 0. The van der Waals surface area contributed by atoms with Crippen molar-refractivity contribution >= 4 is 23.1 Å². The summed E-state index contributed by atoms with van der Waals surface area (Å²) in [5, 5.41) is 0. The van der Waals surface area contributed by atoms with Crippen LogP contribution in [0.2, 0.25) is 0 Å². The van der Waals surface area contributed by atoms with Crippen molar-refractivity contribution in [2.75, 3.05) is 44.2 Å². The number of anilines is 1. The van der Waals surface area contributed by atoms with E-state index in [9.17, 15) is 9.59 Å². The van der Waals surface area contributed by atoms with E-state index in [4.69, 9.17) is 4.74 Å². The molecule has 2 aromatic rings. The van der Waals surface area contributed by atoms with Gasteiger partial charge in [0.1, 0.15) is 11.4 Å². The Kier molecular flexibility index (Phi) is 6.82. The zero-order valence-corrected chi connectivity index (χ0v) is 19.4. The summed E-state index contributed by atoms with van der Waals surface area (Å²) < 4.78 is 5.78. The lowest BCUT2D eigenvalue weighted by atomic mass is 10.0. The molecular weight excluding hydrogens is 414 g/mol. The molecule has 6 heteroatoms. The topological polar surface area (TPSA) is 53.1 Å². The number of rotatable bonds is 8. The van der Waals surface area contributed by atoms with Gasteiger partial charge in [-0.2, -0.15) is 0 Å². The van der Waals surface area contributed by atoms with Gasteiger partial charge in [0.25, 0.3) is 11.8 Å². The number of carbonyl (C=O) groups excluding carboxylic acids is 2. The van der Waals surface area contributed by atoms with Crippen LogP contribution in [0.5, 0.6) is 5.75 Å².